The highest BCUT2D eigenvalue weighted by molar-refractivity contribution is 5.75. The summed E-state index contributed by atoms with van der Waals surface area (Å²) in [5, 5.41) is 2.70. The second-order valence-electron chi connectivity index (χ2n) is 3.39. The molecule has 0 saturated heterocycles. The smallest absolute Gasteiger partial charge is 0.253 e. The van der Waals surface area contributed by atoms with E-state index in [1.807, 2.05) is 13.0 Å². The van der Waals surface area contributed by atoms with E-state index in [0.29, 0.717) is 25.1 Å². The second kappa shape index (κ2) is 5.34. The Hall–Kier alpha value is -1.58. The van der Waals surface area contributed by atoms with Crippen LogP contribution in [-0.4, -0.2) is 17.0 Å². The summed E-state index contributed by atoms with van der Waals surface area (Å²) in [7, 11) is 0. The standard InChI is InChI=1S/C11H16N2O2/c1-3-12-10(14)6-8-13-7-4-5-9(2)11(13)15/h4-5,7H,3,6,8H2,1-2H3,(H,12,14). The monoisotopic (exact) mass is 208 g/mol. The van der Waals surface area contributed by atoms with Crippen molar-refractivity contribution in [2.75, 3.05) is 6.54 Å². The first-order valence-corrected chi connectivity index (χ1v) is 5.08. The Morgan fingerprint density at radius 3 is 2.93 bits per heavy atom. The van der Waals surface area contributed by atoms with Crippen molar-refractivity contribution in [3.63, 3.8) is 0 Å². The van der Waals surface area contributed by atoms with Crippen LogP contribution >= 0.6 is 0 Å². The first-order chi connectivity index (χ1) is 7.15. The van der Waals surface area contributed by atoms with Gasteiger partial charge < -0.3 is 9.88 Å². The van der Waals surface area contributed by atoms with Crippen LogP contribution in [0.2, 0.25) is 0 Å². The van der Waals surface area contributed by atoms with Crippen LogP contribution in [0.25, 0.3) is 0 Å². The van der Waals surface area contributed by atoms with Gasteiger partial charge in [0, 0.05) is 31.3 Å². The molecule has 1 N–H and O–H groups in total. The lowest BCUT2D eigenvalue weighted by Gasteiger charge is -2.06. The van der Waals surface area contributed by atoms with E-state index in [0.717, 1.165) is 0 Å². The molecule has 4 nitrogen and oxygen atoms in total. The molecule has 0 aliphatic rings. The Morgan fingerprint density at radius 2 is 2.27 bits per heavy atom. The number of nitrogens with zero attached hydrogens (tertiary/aromatic N) is 1. The van der Waals surface area contributed by atoms with Gasteiger partial charge in [-0.1, -0.05) is 6.07 Å². The van der Waals surface area contributed by atoms with Crippen molar-refractivity contribution in [2.24, 2.45) is 0 Å². The predicted molar refractivity (Wildman–Crippen MR) is 58.7 cm³/mol. The minimum absolute atomic E-state index is 0.0223. The summed E-state index contributed by atoms with van der Waals surface area (Å²) in [5.41, 5.74) is 0.676. The molecule has 1 aromatic rings. The molecule has 0 aliphatic heterocycles. The lowest BCUT2D eigenvalue weighted by Crippen LogP contribution is -2.27. The third-order valence-corrected chi connectivity index (χ3v) is 2.16. The Balaban J connectivity index is 2.62. The number of amides is 1. The lowest BCUT2D eigenvalue weighted by atomic mass is 10.3. The number of carbonyl (C=O) groups excluding carboxylic acids is 1. The van der Waals surface area contributed by atoms with E-state index >= 15 is 0 Å². The van der Waals surface area contributed by atoms with Crippen LogP contribution in [0.3, 0.4) is 0 Å². The number of hydrogen-bond acceptors (Lipinski definition) is 2. The molecule has 0 saturated carbocycles. The van der Waals surface area contributed by atoms with Crippen molar-refractivity contribution in [3.8, 4) is 0 Å². The first-order valence-electron chi connectivity index (χ1n) is 5.08. The molecule has 82 valence electrons. The second-order valence-corrected chi connectivity index (χ2v) is 3.39. The van der Waals surface area contributed by atoms with Gasteiger partial charge in [0.1, 0.15) is 0 Å². The van der Waals surface area contributed by atoms with Crippen LogP contribution in [0.15, 0.2) is 23.1 Å². The molecule has 0 radical (unpaired) electrons. The molecule has 4 heteroatoms. The molecule has 0 unspecified atom stereocenters. The maximum atomic E-state index is 11.6. The fraction of sp³-hybridized carbons (Fsp3) is 0.455. The van der Waals surface area contributed by atoms with Crippen LogP contribution in [0.5, 0.6) is 0 Å². The number of aromatic nitrogens is 1. The lowest BCUT2D eigenvalue weighted by molar-refractivity contribution is -0.121. The van der Waals surface area contributed by atoms with Crippen molar-refractivity contribution in [2.45, 2.75) is 26.8 Å². The van der Waals surface area contributed by atoms with Gasteiger partial charge in [0.15, 0.2) is 0 Å². The van der Waals surface area contributed by atoms with E-state index in [4.69, 9.17) is 0 Å². The Labute approximate surface area is 88.9 Å². The summed E-state index contributed by atoms with van der Waals surface area (Å²) in [6.07, 6.45) is 2.05. The molecular formula is C11H16N2O2. The van der Waals surface area contributed by atoms with Gasteiger partial charge >= 0.3 is 0 Å². The third kappa shape index (κ3) is 3.23. The highest BCUT2D eigenvalue weighted by atomic mass is 16.1. The van der Waals surface area contributed by atoms with E-state index in [2.05, 4.69) is 5.32 Å². The van der Waals surface area contributed by atoms with Crippen LogP contribution < -0.4 is 10.9 Å². The Bertz CT molecular complexity index is 396. The van der Waals surface area contributed by atoms with Gasteiger partial charge in [-0.05, 0) is 19.9 Å². The van der Waals surface area contributed by atoms with Crippen LogP contribution in [0.4, 0.5) is 0 Å². The van der Waals surface area contributed by atoms with Gasteiger partial charge in [0.25, 0.3) is 5.56 Å². The fourth-order valence-electron chi connectivity index (χ4n) is 1.34. The molecule has 0 aliphatic carbocycles. The number of nitrogens with one attached hydrogen (secondary N) is 1. The van der Waals surface area contributed by atoms with Gasteiger partial charge in [-0.3, -0.25) is 9.59 Å². The van der Waals surface area contributed by atoms with Gasteiger partial charge in [0.2, 0.25) is 5.91 Å². The summed E-state index contributed by atoms with van der Waals surface area (Å²) in [5.74, 6) is -0.0223. The summed E-state index contributed by atoms with van der Waals surface area (Å²) in [6, 6.07) is 3.58. The van der Waals surface area contributed by atoms with E-state index < -0.39 is 0 Å². The van der Waals surface area contributed by atoms with E-state index in [-0.39, 0.29) is 11.5 Å². The molecule has 0 aromatic carbocycles. The quantitative estimate of drug-likeness (QED) is 0.791. The SMILES string of the molecule is CCNC(=O)CCn1cccc(C)c1=O. The molecule has 0 atom stereocenters. The zero-order chi connectivity index (χ0) is 11.3. The zero-order valence-corrected chi connectivity index (χ0v) is 9.12. The average Bonchev–Trinajstić information content (AvgIpc) is 2.21. The first kappa shape index (κ1) is 11.5. The molecule has 1 heterocycles. The summed E-state index contributed by atoms with van der Waals surface area (Å²) in [4.78, 5) is 22.8. The number of carbonyl (C=O) groups is 1. The maximum absolute atomic E-state index is 11.6. The van der Waals surface area contributed by atoms with Gasteiger partial charge in [-0.15, -0.1) is 0 Å². The number of aryl methyl sites for hydroxylation is 2. The summed E-state index contributed by atoms with van der Waals surface area (Å²) >= 11 is 0. The maximum Gasteiger partial charge on any atom is 0.253 e. The van der Waals surface area contributed by atoms with Gasteiger partial charge in [-0.25, -0.2) is 0 Å². The molecule has 1 aromatic heterocycles. The molecule has 1 rings (SSSR count). The molecule has 0 fully saturated rings. The Kier molecular flexibility index (Phi) is 4.09. The van der Waals surface area contributed by atoms with Crippen molar-refractivity contribution in [1.29, 1.82) is 0 Å². The molecule has 1 amide bonds. The van der Waals surface area contributed by atoms with Gasteiger partial charge in [0.05, 0.1) is 0 Å². The largest absolute Gasteiger partial charge is 0.356 e. The topological polar surface area (TPSA) is 51.1 Å². The molecular weight excluding hydrogens is 192 g/mol. The number of hydrogen-bond donors (Lipinski definition) is 1. The highest BCUT2D eigenvalue weighted by Crippen LogP contribution is 1.91. The molecule has 15 heavy (non-hydrogen) atoms. The minimum Gasteiger partial charge on any atom is -0.356 e. The van der Waals surface area contributed by atoms with Crippen molar-refractivity contribution in [1.82, 2.24) is 9.88 Å². The number of rotatable bonds is 4. The van der Waals surface area contributed by atoms with E-state index in [1.165, 1.54) is 0 Å². The van der Waals surface area contributed by atoms with Crippen molar-refractivity contribution >= 4 is 5.91 Å². The van der Waals surface area contributed by atoms with Crippen LogP contribution in [-0.2, 0) is 11.3 Å². The molecule has 0 bridgehead atoms. The van der Waals surface area contributed by atoms with E-state index in [1.54, 1.807) is 23.8 Å². The van der Waals surface area contributed by atoms with E-state index in [9.17, 15) is 9.59 Å². The molecule has 0 spiro atoms. The minimum atomic E-state index is -0.0261. The summed E-state index contributed by atoms with van der Waals surface area (Å²) < 4.78 is 1.56. The normalized spacial score (nSPS) is 10.0. The average molecular weight is 208 g/mol. The van der Waals surface area contributed by atoms with Crippen LogP contribution in [0, 0.1) is 6.92 Å². The fourth-order valence-corrected chi connectivity index (χ4v) is 1.34. The number of pyridine rings is 1. The van der Waals surface area contributed by atoms with Crippen molar-refractivity contribution < 1.29 is 4.79 Å². The van der Waals surface area contributed by atoms with Gasteiger partial charge in [-0.2, -0.15) is 0 Å². The third-order valence-electron chi connectivity index (χ3n) is 2.16. The Morgan fingerprint density at radius 1 is 1.53 bits per heavy atom. The predicted octanol–water partition coefficient (Wildman–Crippen LogP) is 0.683. The zero-order valence-electron chi connectivity index (χ0n) is 9.12. The van der Waals surface area contributed by atoms with Crippen LogP contribution in [0.1, 0.15) is 18.9 Å². The summed E-state index contributed by atoms with van der Waals surface area (Å²) in [6.45, 7) is 4.70. The van der Waals surface area contributed by atoms with Crippen molar-refractivity contribution in [3.05, 3.63) is 34.2 Å². The highest BCUT2D eigenvalue weighted by Gasteiger charge is 2.02.